The fraction of sp³-hybridized carbons (Fsp3) is 0.182. The van der Waals surface area contributed by atoms with Crippen molar-refractivity contribution < 1.29 is 0 Å². The molecule has 0 spiro atoms. The monoisotopic (exact) mass is 174 g/mol. The lowest BCUT2D eigenvalue weighted by atomic mass is 10.3. The van der Waals surface area contributed by atoms with E-state index in [9.17, 15) is 0 Å². The van der Waals surface area contributed by atoms with Crippen LogP contribution in [0.15, 0.2) is 47.1 Å². The molecule has 0 fully saturated rings. The highest BCUT2D eigenvalue weighted by molar-refractivity contribution is 5.95. The zero-order chi connectivity index (χ0) is 9.68. The SMILES string of the molecule is CC(N)=CC(C)=Nc1ccccc1. The molecule has 0 unspecified atom stereocenters. The van der Waals surface area contributed by atoms with Gasteiger partial charge in [-0.2, -0.15) is 0 Å². The second-order valence-corrected chi connectivity index (χ2v) is 2.98. The highest BCUT2D eigenvalue weighted by Gasteiger charge is 1.88. The van der Waals surface area contributed by atoms with Crippen molar-refractivity contribution in [1.29, 1.82) is 0 Å². The molecule has 0 aromatic heterocycles. The standard InChI is InChI=1S/C11H14N2/c1-9(12)8-10(2)13-11-6-4-3-5-7-11/h3-8H,12H2,1-2H3. The van der Waals surface area contributed by atoms with Gasteiger partial charge in [0.15, 0.2) is 0 Å². The van der Waals surface area contributed by atoms with E-state index in [4.69, 9.17) is 5.73 Å². The van der Waals surface area contributed by atoms with Crippen LogP contribution in [0.4, 0.5) is 5.69 Å². The summed E-state index contributed by atoms with van der Waals surface area (Å²) < 4.78 is 0. The molecule has 1 aromatic carbocycles. The van der Waals surface area contributed by atoms with E-state index in [1.165, 1.54) is 0 Å². The van der Waals surface area contributed by atoms with Gasteiger partial charge in [-0.25, -0.2) is 0 Å². The van der Waals surface area contributed by atoms with Gasteiger partial charge in [0.2, 0.25) is 0 Å². The van der Waals surface area contributed by atoms with Gasteiger partial charge in [-0.1, -0.05) is 18.2 Å². The number of nitrogens with zero attached hydrogens (tertiary/aromatic N) is 1. The molecule has 0 amide bonds. The third-order valence-electron chi connectivity index (χ3n) is 1.50. The molecule has 1 rings (SSSR count). The molecule has 2 N–H and O–H groups in total. The van der Waals surface area contributed by atoms with Crippen molar-refractivity contribution in [2.75, 3.05) is 0 Å². The zero-order valence-corrected chi connectivity index (χ0v) is 7.99. The van der Waals surface area contributed by atoms with E-state index < -0.39 is 0 Å². The predicted molar refractivity (Wildman–Crippen MR) is 57.2 cm³/mol. The molecule has 0 heterocycles. The predicted octanol–water partition coefficient (Wildman–Crippen LogP) is 2.64. The van der Waals surface area contributed by atoms with E-state index in [-0.39, 0.29) is 0 Å². The Hall–Kier alpha value is -1.57. The minimum Gasteiger partial charge on any atom is -0.402 e. The highest BCUT2D eigenvalue weighted by atomic mass is 14.7. The van der Waals surface area contributed by atoms with Crippen LogP contribution in [-0.2, 0) is 0 Å². The first-order chi connectivity index (χ1) is 6.18. The largest absolute Gasteiger partial charge is 0.402 e. The lowest BCUT2D eigenvalue weighted by Gasteiger charge is -1.95. The van der Waals surface area contributed by atoms with Crippen molar-refractivity contribution in [3.8, 4) is 0 Å². The molecule has 13 heavy (non-hydrogen) atoms. The van der Waals surface area contributed by atoms with Crippen LogP contribution in [0.2, 0.25) is 0 Å². The van der Waals surface area contributed by atoms with Crippen molar-refractivity contribution in [3.63, 3.8) is 0 Å². The first-order valence-electron chi connectivity index (χ1n) is 4.22. The lowest BCUT2D eigenvalue weighted by molar-refractivity contribution is 1.32. The summed E-state index contributed by atoms with van der Waals surface area (Å²) in [6.45, 7) is 3.79. The molecule has 1 aromatic rings. The number of nitrogens with two attached hydrogens (primary N) is 1. The summed E-state index contributed by atoms with van der Waals surface area (Å²) in [4.78, 5) is 4.36. The highest BCUT2D eigenvalue weighted by Crippen LogP contribution is 2.10. The quantitative estimate of drug-likeness (QED) is 0.688. The molecule has 2 heteroatoms. The van der Waals surface area contributed by atoms with E-state index in [0.29, 0.717) is 0 Å². The molecular weight excluding hydrogens is 160 g/mol. The number of hydrogen-bond acceptors (Lipinski definition) is 2. The van der Waals surface area contributed by atoms with Crippen LogP contribution in [0.25, 0.3) is 0 Å². The Morgan fingerprint density at radius 3 is 2.38 bits per heavy atom. The second-order valence-electron chi connectivity index (χ2n) is 2.98. The Bertz CT molecular complexity index is 319. The lowest BCUT2D eigenvalue weighted by Crippen LogP contribution is -1.94. The van der Waals surface area contributed by atoms with Gasteiger partial charge in [-0.05, 0) is 32.1 Å². The summed E-state index contributed by atoms with van der Waals surface area (Å²) in [5.41, 5.74) is 8.18. The maximum atomic E-state index is 5.53. The van der Waals surface area contributed by atoms with Crippen LogP contribution in [0.5, 0.6) is 0 Å². The average molecular weight is 174 g/mol. The Kier molecular flexibility index (Phi) is 3.26. The first kappa shape index (κ1) is 9.52. The van der Waals surface area contributed by atoms with Gasteiger partial charge in [-0.3, -0.25) is 4.99 Å². The maximum Gasteiger partial charge on any atom is 0.0632 e. The topological polar surface area (TPSA) is 38.4 Å². The number of rotatable bonds is 2. The summed E-state index contributed by atoms with van der Waals surface area (Å²) in [5.74, 6) is 0. The smallest absolute Gasteiger partial charge is 0.0632 e. The Morgan fingerprint density at radius 2 is 1.85 bits per heavy atom. The van der Waals surface area contributed by atoms with Crippen LogP contribution >= 0.6 is 0 Å². The van der Waals surface area contributed by atoms with Gasteiger partial charge in [0, 0.05) is 11.4 Å². The van der Waals surface area contributed by atoms with Gasteiger partial charge < -0.3 is 5.73 Å². The Labute approximate surface area is 78.8 Å². The van der Waals surface area contributed by atoms with Gasteiger partial charge in [0.1, 0.15) is 0 Å². The molecule has 0 radical (unpaired) electrons. The molecule has 0 saturated carbocycles. The van der Waals surface area contributed by atoms with Crippen molar-refractivity contribution in [3.05, 3.63) is 42.1 Å². The summed E-state index contributed by atoms with van der Waals surface area (Å²) >= 11 is 0. The summed E-state index contributed by atoms with van der Waals surface area (Å²) in [6, 6.07) is 9.82. The molecule has 0 atom stereocenters. The summed E-state index contributed by atoms with van der Waals surface area (Å²) in [6.07, 6.45) is 1.85. The number of benzene rings is 1. The number of allylic oxidation sites excluding steroid dienone is 2. The number of para-hydroxylation sites is 1. The van der Waals surface area contributed by atoms with Crippen LogP contribution in [0.1, 0.15) is 13.8 Å². The molecule has 0 bridgehead atoms. The fourth-order valence-corrected chi connectivity index (χ4v) is 1.07. The molecular formula is C11H14N2. The van der Waals surface area contributed by atoms with Gasteiger partial charge >= 0.3 is 0 Å². The normalized spacial score (nSPS) is 13.1. The van der Waals surface area contributed by atoms with E-state index in [0.717, 1.165) is 17.1 Å². The van der Waals surface area contributed by atoms with Crippen molar-refractivity contribution in [2.24, 2.45) is 10.7 Å². The van der Waals surface area contributed by atoms with Crippen LogP contribution in [-0.4, -0.2) is 5.71 Å². The van der Waals surface area contributed by atoms with E-state index in [2.05, 4.69) is 4.99 Å². The molecule has 0 saturated heterocycles. The first-order valence-corrected chi connectivity index (χ1v) is 4.22. The Morgan fingerprint density at radius 1 is 1.23 bits per heavy atom. The molecule has 0 aliphatic rings. The van der Waals surface area contributed by atoms with E-state index in [1.807, 2.05) is 50.3 Å². The van der Waals surface area contributed by atoms with E-state index >= 15 is 0 Å². The average Bonchev–Trinajstić information content (AvgIpc) is 2.04. The molecule has 0 aliphatic heterocycles. The third kappa shape index (κ3) is 3.56. The number of aliphatic imine (C=N–C) groups is 1. The van der Waals surface area contributed by atoms with Crippen LogP contribution in [0.3, 0.4) is 0 Å². The van der Waals surface area contributed by atoms with Gasteiger partial charge in [0.25, 0.3) is 0 Å². The summed E-state index contributed by atoms with van der Waals surface area (Å²) in [5, 5.41) is 0. The van der Waals surface area contributed by atoms with Gasteiger partial charge in [-0.15, -0.1) is 0 Å². The maximum absolute atomic E-state index is 5.53. The zero-order valence-electron chi connectivity index (χ0n) is 7.99. The molecule has 0 aliphatic carbocycles. The van der Waals surface area contributed by atoms with Crippen molar-refractivity contribution >= 4 is 11.4 Å². The Balaban J connectivity index is 2.83. The third-order valence-corrected chi connectivity index (χ3v) is 1.50. The summed E-state index contributed by atoms with van der Waals surface area (Å²) in [7, 11) is 0. The van der Waals surface area contributed by atoms with Gasteiger partial charge in [0.05, 0.1) is 5.69 Å². The second kappa shape index (κ2) is 4.45. The minimum absolute atomic E-state index is 0.775. The molecule has 68 valence electrons. The van der Waals surface area contributed by atoms with E-state index in [1.54, 1.807) is 0 Å². The minimum atomic E-state index is 0.775. The van der Waals surface area contributed by atoms with Crippen LogP contribution in [0, 0.1) is 0 Å². The molecule has 2 nitrogen and oxygen atoms in total. The van der Waals surface area contributed by atoms with Crippen LogP contribution < -0.4 is 5.73 Å². The number of hydrogen-bond donors (Lipinski definition) is 1. The fourth-order valence-electron chi connectivity index (χ4n) is 1.07. The van der Waals surface area contributed by atoms with Crippen molar-refractivity contribution in [1.82, 2.24) is 0 Å². The van der Waals surface area contributed by atoms with Crippen molar-refractivity contribution in [2.45, 2.75) is 13.8 Å².